The van der Waals surface area contributed by atoms with Crippen LogP contribution >= 0.6 is 0 Å². The zero-order valence-electron chi connectivity index (χ0n) is 22.5. The van der Waals surface area contributed by atoms with Gasteiger partial charge in [0.25, 0.3) is 11.8 Å². The third-order valence-corrected chi connectivity index (χ3v) is 6.89. The zero-order valence-corrected chi connectivity index (χ0v) is 22.5. The molecule has 1 heterocycles. The van der Waals surface area contributed by atoms with E-state index in [9.17, 15) is 9.59 Å². The molecule has 0 atom stereocenters. The van der Waals surface area contributed by atoms with E-state index in [0.29, 0.717) is 41.5 Å². The minimum absolute atomic E-state index is 0.265. The highest BCUT2D eigenvalue weighted by molar-refractivity contribution is 6.09. The number of nitrogens with two attached hydrogens (primary N) is 1. The van der Waals surface area contributed by atoms with E-state index in [-0.39, 0.29) is 11.8 Å². The first kappa shape index (κ1) is 27.0. The standard InChI is InChI=1S/C30H36N4O4/c1-19(2)20-5-7-21(8-6-20)29(35)33-26-17-24(31)9-10-25(26)30(36)32-12-14-34-13-11-22-15-27(37-3)28(38-4)16-23(22)18-34/h5-10,15-17,19H,11-14,18,31H2,1-4H3,(H,32,36)(H,33,35). The topological polar surface area (TPSA) is 106 Å². The molecule has 0 fully saturated rings. The fourth-order valence-corrected chi connectivity index (χ4v) is 4.63. The summed E-state index contributed by atoms with van der Waals surface area (Å²) in [6.07, 6.45) is 0.899. The van der Waals surface area contributed by atoms with Crippen molar-refractivity contribution in [1.29, 1.82) is 0 Å². The smallest absolute Gasteiger partial charge is 0.255 e. The molecule has 0 aromatic heterocycles. The molecule has 38 heavy (non-hydrogen) atoms. The van der Waals surface area contributed by atoms with Crippen molar-refractivity contribution in [2.24, 2.45) is 0 Å². The number of hydrogen-bond donors (Lipinski definition) is 3. The van der Waals surface area contributed by atoms with E-state index in [0.717, 1.165) is 36.6 Å². The summed E-state index contributed by atoms with van der Waals surface area (Å²) in [5.74, 6) is 1.28. The Morgan fingerprint density at radius 3 is 2.29 bits per heavy atom. The summed E-state index contributed by atoms with van der Waals surface area (Å²) in [5, 5.41) is 5.84. The minimum Gasteiger partial charge on any atom is -0.493 e. The van der Waals surface area contributed by atoms with Gasteiger partial charge in [-0.1, -0.05) is 26.0 Å². The van der Waals surface area contributed by atoms with Crippen LogP contribution in [0.25, 0.3) is 0 Å². The molecule has 8 heteroatoms. The summed E-state index contributed by atoms with van der Waals surface area (Å²) in [6, 6.07) is 16.4. The number of amides is 2. The number of benzene rings is 3. The van der Waals surface area contributed by atoms with Crippen LogP contribution in [0.15, 0.2) is 54.6 Å². The van der Waals surface area contributed by atoms with Gasteiger partial charge in [0, 0.05) is 37.4 Å². The molecule has 0 bridgehead atoms. The van der Waals surface area contributed by atoms with Crippen molar-refractivity contribution in [2.75, 3.05) is 44.9 Å². The second-order valence-corrected chi connectivity index (χ2v) is 9.79. The molecule has 0 aliphatic carbocycles. The van der Waals surface area contributed by atoms with Gasteiger partial charge >= 0.3 is 0 Å². The van der Waals surface area contributed by atoms with Gasteiger partial charge in [-0.3, -0.25) is 14.5 Å². The Hall–Kier alpha value is -4.04. The Morgan fingerprint density at radius 2 is 1.63 bits per heavy atom. The average Bonchev–Trinajstić information content (AvgIpc) is 2.92. The molecule has 0 saturated heterocycles. The molecule has 0 unspecified atom stereocenters. The number of nitrogens with one attached hydrogen (secondary N) is 2. The summed E-state index contributed by atoms with van der Waals surface area (Å²) in [5.41, 5.74) is 11.3. The van der Waals surface area contributed by atoms with Crippen LogP contribution in [0.5, 0.6) is 11.5 Å². The number of ether oxygens (including phenoxy) is 2. The first-order chi connectivity index (χ1) is 18.3. The van der Waals surface area contributed by atoms with E-state index in [1.165, 1.54) is 11.1 Å². The Labute approximate surface area is 224 Å². The monoisotopic (exact) mass is 516 g/mol. The summed E-state index contributed by atoms with van der Waals surface area (Å²) in [4.78, 5) is 28.2. The van der Waals surface area contributed by atoms with Crippen molar-refractivity contribution in [3.63, 3.8) is 0 Å². The van der Waals surface area contributed by atoms with Crippen molar-refractivity contribution in [3.8, 4) is 11.5 Å². The Bertz CT molecular complexity index is 1300. The highest BCUT2D eigenvalue weighted by Gasteiger charge is 2.20. The lowest BCUT2D eigenvalue weighted by atomic mass is 9.99. The van der Waals surface area contributed by atoms with Crippen molar-refractivity contribution in [1.82, 2.24) is 10.2 Å². The van der Waals surface area contributed by atoms with Gasteiger partial charge in [0.1, 0.15) is 0 Å². The van der Waals surface area contributed by atoms with Crippen LogP contribution in [-0.4, -0.2) is 50.6 Å². The molecule has 1 aliphatic heterocycles. The summed E-state index contributed by atoms with van der Waals surface area (Å²) < 4.78 is 10.9. The second-order valence-electron chi connectivity index (χ2n) is 9.79. The maximum atomic E-state index is 13.1. The van der Waals surface area contributed by atoms with Gasteiger partial charge in [0.2, 0.25) is 0 Å². The SMILES string of the molecule is COc1cc2c(cc1OC)CN(CCNC(=O)c1ccc(N)cc1NC(=O)c1ccc(C(C)C)cc1)CC2. The fraction of sp³-hybridized carbons (Fsp3) is 0.333. The van der Waals surface area contributed by atoms with Crippen LogP contribution in [-0.2, 0) is 13.0 Å². The third-order valence-electron chi connectivity index (χ3n) is 6.89. The molecule has 200 valence electrons. The van der Waals surface area contributed by atoms with E-state index in [1.54, 1.807) is 44.6 Å². The van der Waals surface area contributed by atoms with Crippen LogP contribution in [0.2, 0.25) is 0 Å². The first-order valence-corrected chi connectivity index (χ1v) is 12.8. The normalized spacial score (nSPS) is 13.1. The summed E-state index contributed by atoms with van der Waals surface area (Å²) in [6.45, 7) is 7.02. The van der Waals surface area contributed by atoms with E-state index in [4.69, 9.17) is 15.2 Å². The Morgan fingerprint density at radius 1 is 0.947 bits per heavy atom. The molecule has 0 spiro atoms. The molecule has 4 rings (SSSR count). The molecular weight excluding hydrogens is 480 g/mol. The predicted octanol–water partition coefficient (Wildman–Crippen LogP) is 4.45. The quantitative estimate of drug-likeness (QED) is 0.363. The largest absolute Gasteiger partial charge is 0.493 e. The molecule has 3 aromatic carbocycles. The van der Waals surface area contributed by atoms with E-state index >= 15 is 0 Å². The molecule has 4 N–H and O–H groups in total. The summed E-state index contributed by atoms with van der Waals surface area (Å²) >= 11 is 0. The van der Waals surface area contributed by atoms with Gasteiger partial charge in [-0.05, 0) is 71.5 Å². The van der Waals surface area contributed by atoms with E-state index < -0.39 is 0 Å². The number of nitrogens with zero attached hydrogens (tertiary/aromatic N) is 1. The fourth-order valence-electron chi connectivity index (χ4n) is 4.63. The molecule has 8 nitrogen and oxygen atoms in total. The maximum absolute atomic E-state index is 13.1. The predicted molar refractivity (Wildman–Crippen MR) is 150 cm³/mol. The number of fused-ring (bicyclic) bond motifs is 1. The number of anilines is 2. The summed E-state index contributed by atoms with van der Waals surface area (Å²) in [7, 11) is 3.28. The minimum atomic E-state index is -0.293. The lowest BCUT2D eigenvalue weighted by Gasteiger charge is -2.29. The number of carbonyl (C=O) groups is 2. The van der Waals surface area contributed by atoms with E-state index in [1.807, 2.05) is 24.3 Å². The van der Waals surface area contributed by atoms with Gasteiger partial charge in [0.05, 0.1) is 25.5 Å². The highest BCUT2D eigenvalue weighted by Crippen LogP contribution is 2.33. The number of carbonyl (C=O) groups excluding carboxylic acids is 2. The Balaban J connectivity index is 1.37. The molecule has 0 saturated carbocycles. The number of nitrogen functional groups attached to an aromatic ring is 1. The second kappa shape index (κ2) is 12.0. The third kappa shape index (κ3) is 6.26. The lowest BCUT2D eigenvalue weighted by Crippen LogP contribution is -2.38. The van der Waals surface area contributed by atoms with Crippen LogP contribution in [0.3, 0.4) is 0 Å². The maximum Gasteiger partial charge on any atom is 0.255 e. The number of hydrogen-bond acceptors (Lipinski definition) is 6. The van der Waals surface area contributed by atoms with Crippen molar-refractivity contribution >= 4 is 23.2 Å². The van der Waals surface area contributed by atoms with Gasteiger partial charge in [0.15, 0.2) is 11.5 Å². The molecule has 0 radical (unpaired) electrons. The van der Waals surface area contributed by atoms with Gasteiger partial charge in [-0.2, -0.15) is 0 Å². The van der Waals surface area contributed by atoms with Crippen molar-refractivity contribution in [3.05, 3.63) is 82.4 Å². The van der Waals surface area contributed by atoms with Crippen LogP contribution < -0.4 is 25.8 Å². The molecule has 1 aliphatic rings. The zero-order chi connectivity index (χ0) is 27.2. The van der Waals surface area contributed by atoms with Gasteiger partial charge < -0.3 is 25.8 Å². The number of rotatable bonds is 9. The van der Waals surface area contributed by atoms with Crippen molar-refractivity contribution < 1.29 is 19.1 Å². The lowest BCUT2D eigenvalue weighted by molar-refractivity contribution is 0.0948. The average molecular weight is 517 g/mol. The highest BCUT2D eigenvalue weighted by atomic mass is 16.5. The molecular formula is C30H36N4O4. The molecule has 3 aromatic rings. The van der Waals surface area contributed by atoms with Crippen LogP contribution in [0.1, 0.15) is 57.2 Å². The Kier molecular flexibility index (Phi) is 8.53. The first-order valence-electron chi connectivity index (χ1n) is 12.8. The van der Waals surface area contributed by atoms with Crippen LogP contribution in [0.4, 0.5) is 11.4 Å². The van der Waals surface area contributed by atoms with E-state index in [2.05, 4.69) is 29.4 Å². The van der Waals surface area contributed by atoms with Crippen LogP contribution in [0, 0.1) is 0 Å². The van der Waals surface area contributed by atoms with Crippen molar-refractivity contribution in [2.45, 2.75) is 32.7 Å². The van der Waals surface area contributed by atoms with Gasteiger partial charge in [-0.25, -0.2) is 0 Å². The molecule has 2 amide bonds. The van der Waals surface area contributed by atoms with Gasteiger partial charge in [-0.15, -0.1) is 0 Å². The number of methoxy groups -OCH3 is 2.